The topological polar surface area (TPSA) is 40.6 Å². The number of halogens is 3. The fraction of sp³-hybridized carbons (Fsp3) is 0.400. The molecule has 4 nitrogen and oxygen atoms in total. The van der Waals surface area contributed by atoms with Crippen molar-refractivity contribution >= 4 is 23.2 Å². The molecule has 2 heterocycles. The number of benzene rings is 2. The number of hydrogen-bond donors (Lipinski definition) is 0. The number of alkyl halides is 3. The van der Waals surface area contributed by atoms with Crippen LogP contribution in [0.5, 0.6) is 0 Å². The summed E-state index contributed by atoms with van der Waals surface area (Å²) in [6.45, 7) is 8.91. The highest BCUT2D eigenvalue weighted by atomic mass is 32.1. The van der Waals surface area contributed by atoms with Gasteiger partial charge in [-0.05, 0) is 64.6 Å². The molecule has 0 bridgehead atoms. The van der Waals surface area contributed by atoms with Gasteiger partial charge in [-0.3, -0.25) is 9.59 Å². The minimum atomic E-state index is -4.55. The Morgan fingerprint density at radius 1 is 1.03 bits per heavy atom. The van der Waals surface area contributed by atoms with Gasteiger partial charge in [0.25, 0.3) is 5.91 Å². The number of hydrogen-bond acceptors (Lipinski definition) is 3. The zero-order valence-corrected chi connectivity index (χ0v) is 23.0. The zero-order chi connectivity index (χ0) is 27.7. The van der Waals surface area contributed by atoms with Crippen LogP contribution in [0.3, 0.4) is 0 Å². The van der Waals surface area contributed by atoms with Crippen LogP contribution >= 0.6 is 11.3 Å². The van der Waals surface area contributed by atoms with Gasteiger partial charge in [-0.1, -0.05) is 58.0 Å². The number of rotatable bonds is 6. The molecule has 0 saturated heterocycles. The lowest BCUT2D eigenvalue weighted by Crippen LogP contribution is -2.47. The number of amides is 2. The largest absolute Gasteiger partial charge is 0.416 e. The van der Waals surface area contributed by atoms with Crippen LogP contribution in [0.15, 0.2) is 60.0 Å². The Bertz CT molecular complexity index is 1290. The highest BCUT2D eigenvalue weighted by Gasteiger charge is 2.35. The number of thiophene rings is 1. The summed E-state index contributed by atoms with van der Waals surface area (Å²) in [6, 6.07) is 14.5. The van der Waals surface area contributed by atoms with Crippen LogP contribution in [0, 0.1) is 0 Å². The Kier molecular flexibility index (Phi) is 8.02. The highest BCUT2D eigenvalue weighted by Crippen LogP contribution is 2.38. The molecule has 3 aromatic rings. The Hall–Kier alpha value is -3.13. The van der Waals surface area contributed by atoms with Crippen molar-refractivity contribution in [1.29, 1.82) is 0 Å². The molecule has 0 saturated carbocycles. The molecule has 2 aromatic carbocycles. The van der Waals surface area contributed by atoms with Crippen LogP contribution < -0.4 is 0 Å². The molecule has 38 heavy (non-hydrogen) atoms. The van der Waals surface area contributed by atoms with Gasteiger partial charge in [0.2, 0.25) is 5.91 Å². The summed E-state index contributed by atoms with van der Waals surface area (Å²) in [7, 11) is 0. The molecule has 0 N–H and O–H groups in total. The number of nitrogens with zero attached hydrogens (tertiary/aromatic N) is 2. The minimum absolute atomic E-state index is 0.00141. The average Bonchev–Trinajstić information content (AvgIpc) is 3.35. The second kappa shape index (κ2) is 10.9. The minimum Gasteiger partial charge on any atom is -0.330 e. The van der Waals surface area contributed by atoms with Crippen LogP contribution in [-0.2, 0) is 22.8 Å². The van der Waals surface area contributed by atoms with Crippen molar-refractivity contribution in [3.8, 4) is 0 Å². The van der Waals surface area contributed by atoms with Crippen molar-refractivity contribution < 1.29 is 22.8 Å². The van der Waals surface area contributed by atoms with E-state index in [1.807, 2.05) is 17.2 Å². The SMILES string of the molecule is CCCN(CC(=O)N1CCc2sccc2C1c1ccc(C(C)(C)C)cc1)C(=O)c1cccc(C(F)(F)F)c1. The Labute approximate surface area is 226 Å². The van der Waals surface area contributed by atoms with Crippen LogP contribution in [0.2, 0.25) is 0 Å². The third-order valence-corrected chi connectivity index (χ3v) is 7.92. The molecule has 4 rings (SSSR count). The molecule has 0 fully saturated rings. The summed E-state index contributed by atoms with van der Waals surface area (Å²) in [6.07, 6.45) is -3.25. The van der Waals surface area contributed by atoms with Gasteiger partial charge in [-0.15, -0.1) is 11.3 Å². The van der Waals surface area contributed by atoms with E-state index in [1.54, 1.807) is 11.3 Å². The maximum atomic E-state index is 13.7. The van der Waals surface area contributed by atoms with E-state index in [2.05, 4.69) is 51.1 Å². The lowest BCUT2D eigenvalue weighted by Gasteiger charge is -2.38. The Morgan fingerprint density at radius 2 is 1.74 bits per heavy atom. The molecule has 0 radical (unpaired) electrons. The second-order valence-corrected chi connectivity index (χ2v) is 11.7. The predicted octanol–water partition coefficient (Wildman–Crippen LogP) is 7.09. The molecule has 8 heteroatoms. The lowest BCUT2D eigenvalue weighted by atomic mass is 9.85. The second-order valence-electron chi connectivity index (χ2n) is 10.7. The third-order valence-electron chi connectivity index (χ3n) is 6.92. The van der Waals surface area contributed by atoms with E-state index in [0.29, 0.717) is 13.0 Å². The first-order chi connectivity index (χ1) is 17.9. The van der Waals surface area contributed by atoms with Crippen molar-refractivity contribution in [1.82, 2.24) is 9.80 Å². The monoisotopic (exact) mass is 542 g/mol. The zero-order valence-electron chi connectivity index (χ0n) is 22.1. The highest BCUT2D eigenvalue weighted by molar-refractivity contribution is 7.10. The van der Waals surface area contributed by atoms with Gasteiger partial charge in [0.1, 0.15) is 6.54 Å². The summed E-state index contributed by atoms with van der Waals surface area (Å²) < 4.78 is 39.7. The van der Waals surface area contributed by atoms with Crippen LogP contribution in [-0.4, -0.2) is 41.2 Å². The van der Waals surface area contributed by atoms with Gasteiger partial charge in [0.15, 0.2) is 0 Å². The maximum absolute atomic E-state index is 13.7. The molecule has 1 unspecified atom stereocenters. The van der Waals surface area contributed by atoms with Gasteiger partial charge in [0.05, 0.1) is 11.6 Å². The summed E-state index contributed by atoms with van der Waals surface area (Å²) in [5.74, 6) is -0.800. The van der Waals surface area contributed by atoms with E-state index in [9.17, 15) is 22.8 Å². The van der Waals surface area contributed by atoms with Crippen molar-refractivity contribution in [3.63, 3.8) is 0 Å². The summed E-state index contributed by atoms with van der Waals surface area (Å²) >= 11 is 1.68. The van der Waals surface area contributed by atoms with Crippen LogP contribution in [0.25, 0.3) is 0 Å². The maximum Gasteiger partial charge on any atom is 0.416 e. The normalized spacial score (nSPS) is 15.8. The van der Waals surface area contributed by atoms with Gasteiger partial charge in [-0.25, -0.2) is 0 Å². The van der Waals surface area contributed by atoms with E-state index < -0.39 is 17.6 Å². The van der Waals surface area contributed by atoms with Crippen molar-refractivity contribution in [2.75, 3.05) is 19.6 Å². The smallest absolute Gasteiger partial charge is 0.330 e. The van der Waals surface area contributed by atoms with E-state index >= 15 is 0 Å². The molecule has 1 aromatic heterocycles. The molecule has 1 atom stereocenters. The molecule has 1 aliphatic rings. The summed E-state index contributed by atoms with van der Waals surface area (Å²) in [5.41, 5.74) is 2.32. The van der Waals surface area contributed by atoms with E-state index in [1.165, 1.54) is 27.5 Å². The first-order valence-electron chi connectivity index (χ1n) is 12.8. The molecule has 0 spiro atoms. The fourth-order valence-corrected chi connectivity index (χ4v) is 5.80. The van der Waals surface area contributed by atoms with Crippen LogP contribution in [0.4, 0.5) is 13.2 Å². The third kappa shape index (κ3) is 5.96. The predicted molar refractivity (Wildman–Crippen MR) is 144 cm³/mol. The molecule has 1 aliphatic heterocycles. The fourth-order valence-electron chi connectivity index (χ4n) is 4.90. The average molecular weight is 543 g/mol. The van der Waals surface area contributed by atoms with Crippen molar-refractivity contribution in [2.45, 2.75) is 58.2 Å². The number of fused-ring (bicyclic) bond motifs is 1. The van der Waals surface area contributed by atoms with Gasteiger partial charge in [0, 0.05) is 23.5 Å². The lowest BCUT2D eigenvalue weighted by molar-refractivity contribution is -0.137. The first kappa shape index (κ1) is 27.9. The standard InChI is InChI=1S/C30H33F3N2O2S/c1-5-15-34(28(37)21-7-6-8-23(18-21)30(31,32)33)19-26(36)35-16-13-25-24(14-17-38-25)27(35)20-9-11-22(12-10-20)29(2,3)4/h6-12,14,17-18,27H,5,13,15-16,19H2,1-4H3. The Morgan fingerprint density at radius 3 is 2.37 bits per heavy atom. The van der Waals surface area contributed by atoms with E-state index in [0.717, 1.165) is 29.7 Å². The molecule has 0 aliphatic carbocycles. The van der Waals surface area contributed by atoms with Crippen molar-refractivity contribution in [2.24, 2.45) is 0 Å². The van der Waals surface area contributed by atoms with E-state index in [-0.39, 0.29) is 36.0 Å². The molecule has 202 valence electrons. The summed E-state index contributed by atoms with van der Waals surface area (Å²) in [5, 5.41) is 2.04. The summed E-state index contributed by atoms with van der Waals surface area (Å²) in [4.78, 5) is 31.4. The first-order valence-corrected chi connectivity index (χ1v) is 13.7. The van der Waals surface area contributed by atoms with Crippen molar-refractivity contribution in [3.05, 3.63) is 92.7 Å². The van der Waals surface area contributed by atoms with Gasteiger partial charge < -0.3 is 9.80 Å². The Balaban J connectivity index is 1.62. The van der Waals surface area contributed by atoms with Crippen LogP contribution in [0.1, 0.15) is 77.6 Å². The van der Waals surface area contributed by atoms with Gasteiger partial charge >= 0.3 is 6.18 Å². The molecular weight excluding hydrogens is 509 g/mol. The number of carbonyl (C=O) groups is 2. The molecular formula is C30H33F3N2O2S. The molecule has 2 amide bonds. The number of carbonyl (C=O) groups excluding carboxylic acids is 2. The van der Waals surface area contributed by atoms with E-state index in [4.69, 9.17) is 0 Å². The van der Waals surface area contributed by atoms with Gasteiger partial charge in [-0.2, -0.15) is 13.2 Å². The quantitative estimate of drug-likeness (QED) is 0.334.